The Morgan fingerprint density at radius 3 is 2.54 bits per heavy atom. The van der Waals surface area contributed by atoms with Gasteiger partial charge in [-0.2, -0.15) is 5.26 Å². The number of likely N-dealkylation sites (tertiary alicyclic amines) is 1. The smallest absolute Gasteiger partial charge is 0.0962 e. The zero-order chi connectivity index (χ0) is 17.8. The van der Waals surface area contributed by atoms with Crippen LogP contribution in [0, 0.1) is 11.3 Å². The highest BCUT2D eigenvalue weighted by atomic mass is 16.5. The van der Waals surface area contributed by atoms with Gasteiger partial charge in [0.2, 0.25) is 0 Å². The third-order valence-corrected chi connectivity index (χ3v) is 5.87. The minimum atomic E-state index is -0.220. The number of nitrogens with zero attached hydrogens (tertiary/aromatic N) is 2. The quantitative estimate of drug-likeness (QED) is 0.825. The van der Waals surface area contributed by atoms with E-state index in [-0.39, 0.29) is 11.7 Å². The van der Waals surface area contributed by atoms with Crippen LogP contribution < -0.4 is 0 Å². The van der Waals surface area contributed by atoms with Crippen LogP contribution in [0.4, 0.5) is 0 Å². The predicted molar refractivity (Wildman–Crippen MR) is 102 cm³/mol. The molecule has 134 valence electrons. The largest absolute Gasteiger partial charge is 0.366 e. The lowest BCUT2D eigenvalue weighted by Gasteiger charge is -2.43. The number of piperidine rings is 1. The molecule has 1 saturated heterocycles. The lowest BCUT2D eigenvalue weighted by Crippen LogP contribution is -2.45. The van der Waals surface area contributed by atoms with E-state index in [1.165, 1.54) is 16.7 Å². The normalized spacial score (nSPS) is 22.3. The first-order valence-corrected chi connectivity index (χ1v) is 9.68. The summed E-state index contributed by atoms with van der Waals surface area (Å²) in [5.41, 5.74) is 3.92. The molecule has 2 aliphatic rings. The van der Waals surface area contributed by atoms with Gasteiger partial charge in [-0.25, -0.2) is 0 Å². The molecule has 1 fully saturated rings. The molecule has 3 heteroatoms. The first-order chi connectivity index (χ1) is 12.8. The molecule has 0 N–H and O–H groups in total. The van der Waals surface area contributed by atoms with Gasteiger partial charge in [0.1, 0.15) is 0 Å². The van der Waals surface area contributed by atoms with Gasteiger partial charge in [-0.15, -0.1) is 0 Å². The number of aryl methyl sites for hydroxylation is 1. The van der Waals surface area contributed by atoms with Gasteiger partial charge in [0.25, 0.3) is 0 Å². The van der Waals surface area contributed by atoms with Crippen LogP contribution in [0.1, 0.15) is 42.4 Å². The van der Waals surface area contributed by atoms with Crippen LogP contribution in [0.3, 0.4) is 0 Å². The zero-order valence-electron chi connectivity index (χ0n) is 15.2. The summed E-state index contributed by atoms with van der Waals surface area (Å²) in [5, 5.41) is 9.18. The van der Waals surface area contributed by atoms with E-state index >= 15 is 0 Å². The first-order valence-electron chi connectivity index (χ1n) is 9.68. The van der Waals surface area contributed by atoms with Crippen molar-refractivity contribution in [2.24, 2.45) is 0 Å². The molecule has 0 aromatic heterocycles. The Bertz CT molecular complexity index is 772. The standard InChI is InChI=1S/C23H26N2O/c24-15-12-21-11-10-20-8-4-5-9-22(20)23(26-21)13-16-25(17-14-23)18-19-6-2-1-3-7-19/h1-9,21H,10-14,16-18H2. The maximum Gasteiger partial charge on any atom is 0.0962 e. The SMILES string of the molecule is N#CCC1CCc2ccccc2C2(CCN(Cc3ccccc3)CC2)O1. The minimum Gasteiger partial charge on any atom is -0.366 e. The molecule has 2 heterocycles. The molecule has 26 heavy (non-hydrogen) atoms. The van der Waals surface area contributed by atoms with E-state index in [1.807, 2.05) is 0 Å². The van der Waals surface area contributed by atoms with Gasteiger partial charge in [0.15, 0.2) is 0 Å². The van der Waals surface area contributed by atoms with Crippen molar-refractivity contribution in [3.8, 4) is 6.07 Å². The maximum absolute atomic E-state index is 9.18. The molecule has 0 bridgehead atoms. The molecule has 3 nitrogen and oxygen atoms in total. The Morgan fingerprint density at radius 1 is 1.04 bits per heavy atom. The van der Waals surface area contributed by atoms with Gasteiger partial charge in [-0.05, 0) is 42.4 Å². The fourth-order valence-electron chi connectivity index (χ4n) is 4.49. The van der Waals surface area contributed by atoms with E-state index in [2.05, 4.69) is 65.6 Å². The third-order valence-electron chi connectivity index (χ3n) is 5.87. The summed E-state index contributed by atoms with van der Waals surface area (Å²) in [6.07, 6.45) is 4.49. The van der Waals surface area contributed by atoms with Gasteiger partial charge < -0.3 is 4.74 Å². The summed E-state index contributed by atoms with van der Waals surface area (Å²) >= 11 is 0. The van der Waals surface area contributed by atoms with E-state index in [0.29, 0.717) is 6.42 Å². The summed E-state index contributed by atoms with van der Waals surface area (Å²) < 4.78 is 6.66. The van der Waals surface area contributed by atoms with Crippen molar-refractivity contribution in [2.75, 3.05) is 13.1 Å². The minimum absolute atomic E-state index is 0.0491. The number of hydrogen-bond donors (Lipinski definition) is 0. The van der Waals surface area contributed by atoms with E-state index in [4.69, 9.17) is 4.74 Å². The van der Waals surface area contributed by atoms with Crippen molar-refractivity contribution in [2.45, 2.75) is 50.4 Å². The number of nitriles is 1. The lowest BCUT2D eigenvalue weighted by molar-refractivity contribution is -0.127. The highest BCUT2D eigenvalue weighted by molar-refractivity contribution is 5.34. The molecule has 0 radical (unpaired) electrons. The number of fused-ring (bicyclic) bond motifs is 2. The molecular weight excluding hydrogens is 320 g/mol. The fourth-order valence-corrected chi connectivity index (χ4v) is 4.49. The van der Waals surface area contributed by atoms with Crippen LogP contribution in [-0.2, 0) is 23.3 Å². The van der Waals surface area contributed by atoms with E-state index in [9.17, 15) is 5.26 Å². The molecular formula is C23H26N2O. The average molecular weight is 346 g/mol. The maximum atomic E-state index is 9.18. The molecule has 2 aromatic carbocycles. The van der Waals surface area contributed by atoms with Gasteiger partial charge in [0.05, 0.1) is 24.2 Å². The summed E-state index contributed by atoms with van der Waals surface area (Å²) in [6.45, 7) is 3.06. The summed E-state index contributed by atoms with van der Waals surface area (Å²) in [7, 11) is 0. The first kappa shape index (κ1) is 17.3. The number of rotatable bonds is 3. The molecule has 2 aliphatic heterocycles. The number of hydrogen-bond acceptors (Lipinski definition) is 3. The van der Waals surface area contributed by atoms with E-state index in [0.717, 1.165) is 45.3 Å². The Kier molecular flexibility index (Phi) is 5.06. The number of ether oxygens (including phenoxy) is 1. The highest BCUT2D eigenvalue weighted by Crippen LogP contribution is 2.43. The van der Waals surface area contributed by atoms with Crippen LogP contribution in [0.15, 0.2) is 54.6 Å². The molecule has 0 aliphatic carbocycles. The van der Waals surface area contributed by atoms with Crippen LogP contribution >= 0.6 is 0 Å². The predicted octanol–water partition coefficient (Wildman–Crippen LogP) is 4.42. The Labute approximate surface area is 156 Å². The molecule has 4 rings (SSSR count). The Morgan fingerprint density at radius 2 is 1.77 bits per heavy atom. The molecule has 0 saturated carbocycles. The van der Waals surface area contributed by atoms with Crippen molar-refractivity contribution in [3.05, 3.63) is 71.3 Å². The van der Waals surface area contributed by atoms with Crippen molar-refractivity contribution >= 4 is 0 Å². The molecule has 1 atom stereocenters. The van der Waals surface area contributed by atoms with Gasteiger partial charge in [0, 0.05) is 19.6 Å². The molecule has 1 spiro atoms. The molecule has 2 aromatic rings. The second-order valence-corrected chi connectivity index (χ2v) is 7.55. The summed E-state index contributed by atoms with van der Waals surface area (Å²) in [4.78, 5) is 2.52. The lowest BCUT2D eigenvalue weighted by atomic mass is 9.81. The summed E-state index contributed by atoms with van der Waals surface area (Å²) in [6, 6.07) is 21.8. The van der Waals surface area contributed by atoms with Gasteiger partial charge in [-0.1, -0.05) is 54.6 Å². The van der Waals surface area contributed by atoms with Crippen LogP contribution in [0.5, 0.6) is 0 Å². The van der Waals surface area contributed by atoms with Crippen molar-refractivity contribution in [3.63, 3.8) is 0 Å². The Balaban J connectivity index is 1.54. The van der Waals surface area contributed by atoms with Gasteiger partial charge >= 0.3 is 0 Å². The second kappa shape index (κ2) is 7.61. The van der Waals surface area contributed by atoms with Crippen molar-refractivity contribution in [1.82, 2.24) is 4.90 Å². The molecule has 0 amide bonds. The number of benzene rings is 2. The Hall–Kier alpha value is -2.15. The third kappa shape index (κ3) is 3.53. The van der Waals surface area contributed by atoms with Crippen molar-refractivity contribution < 1.29 is 4.74 Å². The monoisotopic (exact) mass is 346 g/mol. The topological polar surface area (TPSA) is 36.3 Å². The van der Waals surface area contributed by atoms with E-state index < -0.39 is 0 Å². The van der Waals surface area contributed by atoms with E-state index in [1.54, 1.807) is 0 Å². The average Bonchev–Trinajstić information content (AvgIpc) is 2.83. The highest BCUT2D eigenvalue weighted by Gasteiger charge is 2.41. The zero-order valence-corrected chi connectivity index (χ0v) is 15.2. The van der Waals surface area contributed by atoms with Crippen LogP contribution in [0.2, 0.25) is 0 Å². The summed E-state index contributed by atoms with van der Waals surface area (Å²) in [5.74, 6) is 0. The van der Waals surface area contributed by atoms with Crippen molar-refractivity contribution in [1.29, 1.82) is 5.26 Å². The van der Waals surface area contributed by atoms with Crippen LogP contribution in [-0.4, -0.2) is 24.1 Å². The fraction of sp³-hybridized carbons (Fsp3) is 0.435. The van der Waals surface area contributed by atoms with Crippen LogP contribution in [0.25, 0.3) is 0 Å². The molecule has 1 unspecified atom stereocenters. The van der Waals surface area contributed by atoms with Gasteiger partial charge in [-0.3, -0.25) is 4.90 Å². The second-order valence-electron chi connectivity index (χ2n) is 7.55.